The van der Waals surface area contributed by atoms with Gasteiger partial charge in [-0.3, -0.25) is 14.7 Å². The summed E-state index contributed by atoms with van der Waals surface area (Å²) in [5.74, 6) is 0.110. The number of amides is 1. The number of hydrogen-bond acceptors (Lipinski definition) is 13. The van der Waals surface area contributed by atoms with Crippen molar-refractivity contribution in [2.45, 2.75) is 70.0 Å². The monoisotopic (exact) mass is 743 g/mol. The fourth-order valence-corrected chi connectivity index (χ4v) is 8.63. The maximum atomic E-state index is 13.7. The Kier molecular flexibility index (Phi) is 14.2. The van der Waals surface area contributed by atoms with Gasteiger partial charge in [0.1, 0.15) is 11.9 Å². The highest BCUT2D eigenvalue weighted by atomic mass is 32.2. The number of nitro groups is 1. The third kappa shape index (κ3) is 10.7. The van der Waals surface area contributed by atoms with Crippen molar-refractivity contribution in [1.82, 2.24) is 9.62 Å². The number of fused-ring (bicyclic) bond motifs is 1. The molecule has 1 amide bonds. The van der Waals surface area contributed by atoms with Crippen LogP contribution in [-0.2, 0) is 44.3 Å². The number of aliphatic hydroxyl groups excluding tert-OH is 1. The second-order valence-corrected chi connectivity index (χ2v) is 16.3. The van der Waals surface area contributed by atoms with Crippen LogP contribution in [0.25, 0.3) is 0 Å². The molecule has 0 radical (unpaired) electrons. The number of carbonyl (C=O) groups excluding carboxylic acids is 1. The second kappa shape index (κ2) is 17.9. The van der Waals surface area contributed by atoms with E-state index in [1.807, 2.05) is 13.8 Å². The highest BCUT2D eigenvalue weighted by Gasteiger charge is 2.44. The average Bonchev–Trinajstić information content (AvgIpc) is 3.69. The summed E-state index contributed by atoms with van der Waals surface area (Å²) in [4.78, 5) is 23.5. The number of carbonyl (C=O) groups is 1. The van der Waals surface area contributed by atoms with E-state index in [0.29, 0.717) is 24.3 Å². The van der Waals surface area contributed by atoms with Crippen LogP contribution in [0.4, 0.5) is 10.5 Å². The number of alkyl carbamates (subject to hydrolysis) is 1. The van der Waals surface area contributed by atoms with E-state index in [0.717, 1.165) is 28.6 Å². The maximum absolute atomic E-state index is 13.7. The summed E-state index contributed by atoms with van der Waals surface area (Å²) in [5, 5.41) is 25.4. The molecule has 0 aliphatic carbocycles. The quantitative estimate of drug-likeness (QED) is 0.117. The molecule has 2 heterocycles. The Morgan fingerprint density at radius 2 is 1.74 bits per heavy atom. The number of ether oxygens (including phenoxy) is 4. The molecule has 1 unspecified atom stereocenters. The lowest BCUT2D eigenvalue weighted by molar-refractivity contribution is -0.384. The summed E-state index contributed by atoms with van der Waals surface area (Å²) in [5.41, 5.74) is 0.390. The molecule has 5 atom stereocenters. The van der Waals surface area contributed by atoms with Gasteiger partial charge in [-0.1, -0.05) is 26.0 Å². The van der Waals surface area contributed by atoms with Crippen LogP contribution in [0.5, 0.6) is 5.75 Å². The number of aliphatic hydroxyl groups is 1. The van der Waals surface area contributed by atoms with Crippen molar-refractivity contribution < 1.29 is 55.8 Å². The van der Waals surface area contributed by atoms with E-state index in [1.165, 1.54) is 0 Å². The molecule has 4 rings (SSSR count). The SMILES string of the molecule is CCOP(=O)(COc1ccc(C[C@H](NC(=O)O[C@H]2CO[C@H]3OCCC32)[C@H](O)CN(CC(C)C)S(=O)(=O)c2ccc([N+](=O)[O-])cc2)cc1)OCC. The summed E-state index contributed by atoms with van der Waals surface area (Å²) in [6.45, 7) is 7.66. The van der Waals surface area contributed by atoms with Crippen molar-refractivity contribution in [2.24, 2.45) is 11.8 Å². The average molecular weight is 744 g/mol. The number of rotatable bonds is 19. The standard InChI is InChI=1S/C32H46N3O13PS/c1-5-46-49(40,47-6-2)21-45-25-11-7-23(8-12-25)17-28(33-32(37)48-30-20-44-31-27(30)15-16-43-31)29(36)19-34(18-22(3)4)50(41,42)26-13-9-24(10-14-26)35(38)39/h7-14,22,27-31,36H,5-6,15-21H2,1-4H3,(H,33,37)/t27?,28-,29+,30-,31+/m0/s1. The normalized spacial score (nSPS) is 20.4. The Morgan fingerprint density at radius 1 is 1.08 bits per heavy atom. The van der Waals surface area contributed by atoms with Gasteiger partial charge in [0.2, 0.25) is 10.0 Å². The van der Waals surface area contributed by atoms with Crippen LogP contribution in [-0.4, -0.2) is 99.3 Å². The Morgan fingerprint density at radius 3 is 2.34 bits per heavy atom. The Hall–Kier alpha value is -3.15. The first-order valence-corrected chi connectivity index (χ1v) is 19.6. The van der Waals surface area contributed by atoms with Crippen molar-refractivity contribution in [3.63, 3.8) is 0 Å². The van der Waals surface area contributed by atoms with Gasteiger partial charge in [0.15, 0.2) is 12.6 Å². The Balaban J connectivity index is 1.53. The molecule has 2 saturated heterocycles. The Labute approximate surface area is 292 Å². The molecule has 0 saturated carbocycles. The lowest BCUT2D eigenvalue weighted by Crippen LogP contribution is -2.51. The summed E-state index contributed by atoms with van der Waals surface area (Å²) in [6.07, 6.45) is -2.80. The third-order valence-electron chi connectivity index (χ3n) is 8.08. The molecule has 18 heteroatoms. The molecular formula is C32H46N3O13PS. The molecule has 0 bridgehead atoms. The minimum absolute atomic E-state index is 0.0232. The van der Waals surface area contributed by atoms with Crippen molar-refractivity contribution in [3.8, 4) is 5.75 Å². The number of hydrogen-bond donors (Lipinski definition) is 2. The maximum Gasteiger partial charge on any atom is 0.407 e. The van der Waals surface area contributed by atoms with E-state index in [1.54, 1.807) is 38.1 Å². The van der Waals surface area contributed by atoms with Crippen LogP contribution in [0.15, 0.2) is 53.4 Å². The van der Waals surface area contributed by atoms with E-state index in [-0.39, 0.29) is 61.6 Å². The van der Waals surface area contributed by atoms with Gasteiger partial charge in [-0.2, -0.15) is 4.31 Å². The number of nitrogens with zero attached hydrogens (tertiary/aromatic N) is 2. The van der Waals surface area contributed by atoms with Crippen molar-refractivity contribution in [2.75, 3.05) is 45.9 Å². The van der Waals surface area contributed by atoms with E-state index in [9.17, 15) is 33.0 Å². The van der Waals surface area contributed by atoms with Gasteiger partial charge < -0.3 is 38.4 Å². The van der Waals surface area contributed by atoms with Crippen LogP contribution >= 0.6 is 7.60 Å². The number of non-ortho nitro benzene ring substituents is 1. The molecule has 0 aromatic heterocycles. The van der Waals surface area contributed by atoms with Gasteiger partial charge in [-0.15, -0.1) is 0 Å². The minimum atomic E-state index is -4.21. The number of nitro benzene ring substituents is 1. The molecule has 16 nitrogen and oxygen atoms in total. The predicted octanol–water partition coefficient (Wildman–Crippen LogP) is 4.30. The number of benzene rings is 2. The fourth-order valence-electron chi connectivity index (χ4n) is 5.69. The largest absolute Gasteiger partial charge is 0.481 e. The van der Waals surface area contributed by atoms with E-state index >= 15 is 0 Å². The molecule has 2 aromatic carbocycles. The zero-order valence-electron chi connectivity index (χ0n) is 28.5. The van der Waals surface area contributed by atoms with E-state index in [2.05, 4.69) is 5.32 Å². The van der Waals surface area contributed by atoms with Crippen LogP contribution in [0.1, 0.15) is 39.7 Å². The topological polar surface area (TPSA) is 202 Å². The molecule has 2 fully saturated rings. The summed E-state index contributed by atoms with van der Waals surface area (Å²) >= 11 is 0. The van der Waals surface area contributed by atoms with Gasteiger partial charge in [0, 0.05) is 25.2 Å². The van der Waals surface area contributed by atoms with Gasteiger partial charge in [-0.25, -0.2) is 13.2 Å². The lowest BCUT2D eigenvalue weighted by Gasteiger charge is -2.31. The second-order valence-electron chi connectivity index (χ2n) is 12.3. The molecular weight excluding hydrogens is 697 g/mol. The smallest absolute Gasteiger partial charge is 0.407 e. The first-order valence-electron chi connectivity index (χ1n) is 16.5. The first-order chi connectivity index (χ1) is 23.7. The van der Waals surface area contributed by atoms with Crippen LogP contribution < -0.4 is 10.1 Å². The fraction of sp³-hybridized carbons (Fsp3) is 0.594. The van der Waals surface area contributed by atoms with Gasteiger partial charge in [0.05, 0.1) is 54.3 Å². The van der Waals surface area contributed by atoms with Crippen molar-refractivity contribution in [1.29, 1.82) is 0 Å². The predicted molar refractivity (Wildman–Crippen MR) is 180 cm³/mol. The first kappa shape index (κ1) is 39.6. The summed E-state index contributed by atoms with van der Waals surface area (Å²) < 4.78 is 74.3. The van der Waals surface area contributed by atoms with Gasteiger partial charge in [0.25, 0.3) is 5.69 Å². The van der Waals surface area contributed by atoms with Crippen molar-refractivity contribution in [3.05, 3.63) is 64.2 Å². The zero-order chi connectivity index (χ0) is 36.5. The summed E-state index contributed by atoms with van der Waals surface area (Å²) in [7, 11) is -7.67. The molecule has 278 valence electrons. The minimum Gasteiger partial charge on any atom is -0.481 e. The van der Waals surface area contributed by atoms with Crippen LogP contribution in [0.3, 0.4) is 0 Å². The summed E-state index contributed by atoms with van der Waals surface area (Å²) in [6, 6.07) is 10.1. The Bertz CT molecular complexity index is 1570. The number of nitrogens with one attached hydrogen (secondary N) is 1. The highest BCUT2D eigenvalue weighted by molar-refractivity contribution is 7.89. The van der Waals surface area contributed by atoms with Crippen molar-refractivity contribution >= 4 is 29.4 Å². The number of sulfonamides is 1. The van der Waals surface area contributed by atoms with E-state index < -0.39 is 59.7 Å². The molecule has 0 spiro atoms. The zero-order valence-corrected chi connectivity index (χ0v) is 30.3. The molecule has 2 aliphatic rings. The van der Waals surface area contributed by atoms with Crippen LogP contribution in [0, 0.1) is 22.0 Å². The van der Waals surface area contributed by atoms with Gasteiger partial charge >= 0.3 is 13.7 Å². The molecule has 2 aliphatic heterocycles. The molecule has 50 heavy (non-hydrogen) atoms. The highest BCUT2D eigenvalue weighted by Crippen LogP contribution is 2.47. The third-order valence-corrected chi connectivity index (χ3v) is 11.7. The molecule has 2 aromatic rings. The molecule has 2 N–H and O–H groups in total. The van der Waals surface area contributed by atoms with Gasteiger partial charge in [-0.05, 0) is 62.4 Å². The van der Waals surface area contributed by atoms with Crippen LogP contribution in [0.2, 0.25) is 0 Å². The lowest BCUT2D eigenvalue weighted by atomic mass is 10.0. The van der Waals surface area contributed by atoms with E-state index in [4.69, 9.17) is 28.0 Å².